The van der Waals surface area contributed by atoms with Crippen molar-refractivity contribution in [3.63, 3.8) is 0 Å². The van der Waals surface area contributed by atoms with Gasteiger partial charge in [-0.3, -0.25) is 0 Å². The molecule has 5 rings (SSSR count). The Morgan fingerprint density at radius 1 is 0.333 bits per heavy atom. The van der Waals surface area contributed by atoms with E-state index in [1.54, 1.807) is 11.3 Å². The Kier molecular flexibility index (Phi) is 6.51. The van der Waals surface area contributed by atoms with Crippen LogP contribution in [0.25, 0.3) is 43.1 Å². The molecule has 0 saturated carbocycles. The number of halogens is 4. The summed E-state index contributed by atoms with van der Waals surface area (Å²) in [5.41, 5.74) is 6.67. The van der Waals surface area contributed by atoms with Crippen LogP contribution < -0.4 is 0 Å². The molecule has 0 aliphatic rings. The Labute approximate surface area is 217 Å². The Morgan fingerprint density at radius 3 is 0.848 bits per heavy atom. The minimum Gasteiger partial charge on any atom is -0.134 e. The van der Waals surface area contributed by atoms with Crippen molar-refractivity contribution in [3.05, 3.63) is 117 Å². The van der Waals surface area contributed by atoms with E-state index >= 15 is 0 Å². The van der Waals surface area contributed by atoms with Gasteiger partial charge in [0.25, 0.3) is 0 Å². The van der Waals surface area contributed by atoms with Crippen LogP contribution in [-0.4, -0.2) is 0 Å². The summed E-state index contributed by atoms with van der Waals surface area (Å²) in [4.78, 5) is 2.31. The molecule has 0 unspecified atom stereocenters. The highest BCUT2D eigenvalue weighted by Gasteiger charge is 2.23. The van der Waals surface area contributed by atoms with Crippen LogP contribution in [0.2, 0.25) is 20.1 Å². The fraction of sp³-hybridized carbons (Fsp3) is 0. The van der Waals surface area contributed by atoms with E-state index in [2.05, 4.69) is 48.5 Å². The first-order valence-electron chi connectivity index (χ1n) is 10.2. The number of hydrogen-bond donors (Lipinski definition) is 0. The maximum Gasteiger partial charge on any atom is 0.0434 e. The van der Waals surface area contributed by atoms with E-state index in [1.807, 2.05) is 48.5 Å². The number of benzene rings is 4. The van der Waals surface area contributed by atoms with E-state index < -0.39 is 0 Å². The van der Waals surface area contributed by atoms with Crippen molar-refractivity contribution in [1.82, 2.24) is 0 Å². The first-order valence-corrected chi connectivity index (χ1v) is 12.5. The van der Waals surface area contributed by atoms with Crippen molar-refractivity contribution in [2.24, 2.45) is 0 Å². The van der Waals surface area contributed by atoms with Gasteiger partial charge in [-0.25, -0.2) is 0 Å². The molecule has 1 heterocycles. The zero-order chi connectivity index (χ0) is 22.9. The number of rotatable bonds is 4. The molecule has 5 heteroatoms. The molecule has 4 aromatic carbocycles. The zero-order valence-electron chi connectivity index (χ0n) is 17.2. The lowest BCUT2D eigenvalue weighted by atomic mass is 9.91. The van der Waals surface area contributed by atoms with Gasteiger partial charge in [-0.15, -0.1) is 11.3 Å². The molecule has 0 bridgehead atoms. The Hall–Kier alpha value is -2.26. The monoisotopic (exact) mass is 524 g/mol. The minimum atomic E-state index is 0.702. The minimum absolute atomic E-state index is 0.702. The van der Waals surface area contributed by atoms with Crippen LogP contribution >= 0.6 is 57.7 Å². The van der Waals surface area contributed by atoms with Crippen molar-refractivity contribution in [3.8, 4) is 43.1 Å². The summed E-state index contributed by atoms with van der Waals surface area (Å²) in [6, 6.07) is 31.9. The van der Waals surface area contributed by atoms with E-state index in [4.69, 9.17) is 46.4 Å². The second kappa shape index (κ2) is 9.54. The molecule has 0 aliphatic heterocycles. The fourth-order valence-corrected chi connectivity index (χ4v) is 5.68. The zero-order valence-corrected chi connectivity index (χ0v) is 21.0. The summed E-state index contributed by atoms with van der Waals surface area (Å²) in [5.74, 6) is 0. The molecule has 0 spiro atoms. The summed E-state index contributed by atoms with van der Waals surface area (Å²) < 4.78 is 0. The molecule has 1 aromatic heterocycles. The number of thiophene rings is 1. The number of hydrogen-bond acceptors (Lipinski definition) is 1. The van der Waals surface area contributed by atoms with Crippen molar-refractivity contribution in [1.29, 1.82) is 0 Å². The van der Waals surface area contributed by atoms with Crippen LogP contribution in [0.1, 0.15) is 0 Å². The SMILES string of the molecule is Clc1ccc(-c2sc(-c3ccc(Cl)cc3)c(-c3ccc(Cl)cc3)c2-c2ccc(Cl)cc2)cc1. The molecule has 0 saturated heterocycles. The molecule has 0 aliphatic carbocycles. The van der Waals surface area contributed by atoms with Gasteiger partial charge in [-0.2, -0.15) is 0 Å². The average molecular weight is 526 g/mol. The Balaban J connectivity index is 1.86. The predicted molar refractivity (Wildman–Crippen MR) is 146 cm³/mol. The molecule has 5 aromatic rings. The van der Waals surface area contributed by atoms with Gasteiger partial charge in [0.15, 0.2) is 0 Å². The van der Waals surface area contributed by atoms with Crippen molar-refractivity contribution < 1.29 is 0 Å². The van der Waals surface area contributed by atoms with Gasteiger partial charge in [0.05, 0.1) is 0 Å². The topological polar surface area (TPSA) is 0 Å². The van der Waals surface area contributed by atoms with Crippen LogP contribution in [0.5, 0.6) is 0 Å². The third-order valence-electron chi connectivity index (χ3n) is 5.39. The molecular weight excluding hydrogens is 510 g/mol. The van der Waals surface area contributed by atoms with E-state index in [0.717, 1.165) is 43.1 Å². The average Bonchev–Trinajstić information content (AvgIpc) is 3.21. The lowest BCUT2D eigenvalue weighted by molar-refractivity contribution is 1.61. The first-order chi connectivity index (χ1) is 16.0. The maximum absolute atomic E-state index is 6.22. The summed E-state index contributed by atoms with van der Waals surface area (Å²) in [5, 5.41) is 2.82. The Morgan fingerprint density at radius 2 is 0.576 bits per heavy atom. The van der Waals surface area contributed by atoms with E-state index in [9.17, 15) is 0 Å². The molecule has 33 heavy (non-hydrogen) atoms. The summed E-state index contributed by atoms with van der Waals surface area (Å²) >= 11 is 26.6. The molecule has 0 atom stereocenters. The Bertz CT molecular complexity index is 1290. The summed E-state index contributed by atoms with van der Waals surface area (Å²) in [6.07, 6.45) is 0. The summed E-state index contributed by atoms with van der Waals surface area (Å²) in [7, 11) is 0. The molecule has 0 fully saturated rings. The van der Waals surface area contributed by atoms with E-state index in [1.165, 1.54) is 0 Å². The van der Waals surface area contributed by atoms with Gasteiger partial charge in [-0.1, -0.05) is 94.9 Å². The lowest BCUT2D eigenvalue weighted by Gasteiger charge is -2.11. The van der Waals surface area contributed by atoms with Crippen LogP contribution in [0.15, 0.2) is 97.1 Å². The van der Waals surface area contributed by atoms with Crippen LogP contribution in [0.3, 0.4) is 0 Å². The van der Waals surface area contributed by atoms with Gasteiger partial charge >= 0.3 is 0 Å². The highest BCUT2D eigenvalue weighted by Crippen LogP contribution is 2.52. The van der Waals surface area contributed by atoms with E-state index in [-0.39, 0.29) is 0 Å². The second-order valence-corrected chi connectivity index (χ2v) is 10.3. The molecular formula is C28H16Cl4S. The van der Waals surface area contributed by atoms with Crippen molar-refractivity contribution in [2.75, 3.05) is 0 Å². The molecule has 0 radical (unpaired) electrons. The van der Waals surface area contributed by atoms with Gasteiger partial charge in [-0.05, 0) is 70.8 Å². The fourth-order valence-electron chi connectivity index (χ4n) is 3.82. The van der Waals surface area contributed by atoms with Crippen molar-refractivity contribution >= 4 is 57.7 Å². The van der Waals surface area contributed by atoms with Crippen LogP contribution in [0, 0.1) is 0 Å². The lowest BCUT2D eigenvalue weighted by Crippen LogP contribution is -1.86. The third kappa shape index (κ3) is 4.71. The van der Waals surface area contributed by atoms with Crippen LogP contribution in [0.4, 0.5) is 0 Å². The highest BCUT2D eigenvalue weighted by molar-refractivity contribution is 7.20. The molecule has 0 nitrogen and oxygen atoms in total. The molecule has 0 N–H and O–H groups in total. The van der Waals surface area contributed by atoms with Gasteiger partial charge in [0.2, 0.25) is 0 Å². The summed E-state index contributed by atoms with van der Waals surface area (Å²) in [6.45, 7) is 0. The maximum atomic E-state index is 6.22. The molecule has 162 valence electrons. The second-order valence-electron chi connectivity index (χ2n) is 7.54. The first kappa shape index (κ1) is 22.5. The smallest absolute Gasteiger partial charge is 0.0434 e. The standard InChI is InChI=1S/C28H16Cl4S/c29-21-9-1-17(2-10-21)25-26(18-3-11-22(30)12-4-18)28(20-7-15-24(32)16-8-20)33-27(25)19-5-13-23(31)14-6-19/h1-16H. The quantitative estimate of drug-likeness (QED) is 0.219. The third-order valence-corrected chi connectivity index (χ3v) is 7.68. The largest absolute Gasteiger partial charge is 0.134 e. The van der Waals surface area contributed by atoms with Gasteiger partial charge in [0, 0.05) is 41.0 Å². The molecule has 0 amide bonds. The van der Waals surface area contributed by atoms with Gasteiger partial charge in [0.1, 0.15) is 0 Å². The normalized spacial score (nSPS) is 11.0. The predicted octanol–water partition coefficient (Wildman–Crippen LogP) is 11.0. The van der Waals surface area contributed by atoms with E-state index in [0.29, 0.717) is 20.1 Å². The van der Waals surface area contributed by atoms with Gasteiger partial charge < -0.3 is 0 Å². The highest BCUT2D eigenvalue weighted by atomic mass is 35.5. The van der Waals surface area contributed by atoms with Crippen molar-refractivity contribution in [2.45, 2.75) is 0 Å². The van der Waals surface area contributed by atoms with Crippen LogP contribution in [-0.2, 0) is 0 Å².